The van der Waals surface area contributed by atoms with Crippen molar-refractivity contribution in [3.63, 3.8) is 0 Å². The van der Waals surface area contributed by atoms with Crippen molar-refractivity contribution in [2.75, 3.05) is 5.73 Å². The third-order valence-corrected chi connectivity index (χ3v) is 2.69. The summed E-state index contributed by atoms with van der Waals surface area (Å²) >= 11 is 0. The minimum atomic E-state index is 0.609. The Hall–Kier alpha value is -1.96. The highest BCUT2D eigenvalue weighted by atomic mass is 16.5. The fraction of sp³-hybridized carbons (Fsp3) is 0.0769. The van der Waals surface area contributed by atoms with Crippen LogP contribution in [0.2, 0.25) is 0 Å². The molecule has 2 N–H and O–H groups in total. The van der Waals surface area contributed by atoms with Crippen LogP contribution in [-0.2, 0) is 6.61 Å². The lowest BCUT2D eigenvalue weighted by Gasteiger charge is -2.20. The third-order valence-electron chi connectivity index (χ3n) is 2.69. The van der Waals surface area contributed by atoms with Gasteiger partial charge in [-0.3, -0.25) is 0 Å². The number of benzene rings is 2. The van der Waals surface area contributed by atoms with Crippen LogP contribution in [0.15, 0.2) is 42.5 Å². The summed E-state index contributed by atoms with van der Waals surface area (Å²) in [5.74, 6) is 0.953. The summed E-state index contributed by atoms with van der Waals surface area (Å²) in [4.78, 5) is 0. The van der Waals surface area contributed by atoms with Gasteiger partial charge >= 0.3 is 0 Å². The van der Waals surface area contributed by atoms with Crippen LogP contribution in [0.3, 0.4) is 0 Å². The predicted octanol–water partition coefficient (Wildman–Crippen LogP) is 2.83. The van der Waals surface area contributed by atoms with Gasteiger partial charge in [-0.2, -0.15) is 0 Å². The number of nitrogen functional groups attached to an aromatic ring is 1. The molecule has 0 aromatic heterocycles. The first-order chi connectivity index (χ1) is 7.34. The van der Waals surface area contributed by atoms with E-state index in [4.69, 9.17) is 10.5 Å². The van der Waals surface area contributed by atoms with Crippen LogP contribution in [0.4, 0.5) is 5.69 Å². The van der Waals surface area contributed by atoms with Gasteiger partial charge in [0.15, 0.2) is 0 Å². The van der Waals surface area contributed by atoms with Crippen molar-refractivity contribution >= 4 is 5.69 Å². The topological polar surface area (TPSA) is 35.2 Å². The number of nitrogens with two attached hydrogens (primary N) is 1. The lowest BCUT2D eigenvalue weighted by Crippen LogP contribution is -2.05. The van der Waals surface area contributed by atoms with Crippen LogP contribution >= 0.6 is 0 Å². The molecule has 0 fully saturated rings. The van der Waals surface area contributed by atoms with E-state index in [9.17, 15) is 0 Å². The normalized spacial score (nSPS) is 12.5. The maximum Gasteiger partial charge on any atom is 0.127 e. The van der Waals surface area contributed by atoms with Crippen molar-refractivity contribution < 1.29 is 4.74 Å². The van der Waals surface area contributed by atoms with E-state index in [1.165, 1.54) is 5.56 Å². The molecular weight excluding hydrogens is 186 g/mol. The molecule has 74 valence electrons. The van der Waals surface area contributed by atoms with Gasteiger partial charge in [-0.1, -0.05) is 24.3 Å². The molecule has 1 aliphatic rings. The highest BCUT2D eigenvalue weighted by Crippen LogP contribution is 2.37. The maximum atomic E-state index is 5.75. The second kappa shape index (κ2) is 3.02. The molecule has 3 rings (SSSR count). The van der Waals surface area contributed by atoms with Gasteiger partial charge in [0.1, 0.15) is 12.4 Å². The molecular formula is C13H11NO. The summed E-state index contributed by atoms with van der Waals surface area (Å²) in [7, 11) is 0. The van der Waals surface area contributed by atoms with Gasteiger partial charge in [0.2, 0.25) is 0 Å². The van der Waals surface area contributed by atoms with Gasteiger partial charge < -0.3 is 10.5 Å². The third kappa shape index (κ3) is 1.26. The fourth-order valence-electron chi connectivity index (χ4n) is 1.97. The van der Waals surface area contributed by atoms with Crippen molar-refractivity contribution in [3.05, 3.63) is 48.0 Å². The number of hydrogen-bond acceptors (Lipinski definition) is 2. The number of fused-ring (bicyclic) bond motifs is 3. The molecule has 0 saturated heterocycles. The first-order valence-corrected chi connectivity index (χ1v) is 4.95. The minimum absolute atomic E-state index is 0.609. The Morgan fingerprint density at radius 1 is 1.00 bits per heavy atom. The number of hydrogen-bond donors (Lipinski definition) is 1. The summed E-state index contributed by atoms with van der Waals surface area (Å²) in [5, 5.41) is 0. The second-order valence-corrected chi connectivity index (χ2v) is 3.70. The summed E-state index contributed by atoms with van der Waals surface area (Å²) in [6.45, 7) is 0.609. The zero-order valence-corrected chi connectivity index (χ0v) is 8.23. The molecule has 2 aromatic carbocycles. The Morgan fingerprint density at radius 2 is 1.87 bits per heavy atom. The average molecular weight is 197 g/mol. The standard InChI is InChI=1S/C13H11NO/c14-10-5-6-11-9(7-10)8-15-13-4-2-1-3-12(11)13/h1-7H,8,14H2. The zero-order chi connectivity index (χ0) is 10.3. The van der Waals surface area contributed by atoms with E-state index in [0.717, 1.165) is 22.6 Å². The molecule has 0 atom stereocenters. The van der Waals surface area contributed by atoms with Gasteiger partial charge in [0, 0.05) is 11.3 Å². The van der Waals surface area contributed by atoms with Crippen molar-refractivity contribution in [1.82, 2.24) is 0 Å². The lowest BCUT2D eigenvalue weighted by atomic mass is 9.97. The maximum absolute atomic E-state index is 5.75. The summed E-state index contributed by atoms with van der Waals surface area (Å²) in [6.07, 6.45) is 0. The Balaban J connectivity index is 2.26. The SMILES string of the molecule is Nc1ccc2c(c1)COc1ccccc1-2. The van der Waals surface area contributed by atoms with Gasteiger partial charge in [0.25, 0.3) is 0 Å². The lowest BCUT2D eigenvalue weighted by molar-refractivity contribution is 0.302. The highest BCUT2D eigenvalue weighted by Gasteiger charge is 2.15. The molecule has 0 unspecified atom stereocenters. The Labute approximate surface area is 88.3 Å². The zero-order valence-electron chi connectivity index (χ0n) is 8.23. The van der Waals surface area contributed by atoms with Crippen molar-refractivity contribution in [1.29, 1.82) is 0 Å². The average Bonchev–Trinajstić information content (AvgIpc) is 2.28. The van der Waals surface area contributed by atoms with Gasteiger partial charge in [-0.15, -0.1) is 0 Å². The summed E-state index contributed by atoms with van der Waals surface area (Å²) in [6, 6.07) is 14.0. The van der Waals surface area contributed by atoms with E-state index in [1.54, 1.807) is 0 Å². The van der Waals surface area contributed by atoms with E-state index in [0.29, 0.717) is 6.61 Å². The molecule has 0 aliphatic carbocycles. The Kier molecular flexibility index (Phi) is 1.68. The molecule has 1 heterocycles. The molecule has 2 nitrogen and oxygen atoms in total. The molecule has 2 heteroatoms. The molecule has 0 saturated carbocycles. The predicted molar refractivity (Wildman–Crippen MR) is 60.6 cm³/mol. The smallest absolute Gasteiger partial charge is 0.127 e. The Morgan fingerprint density at radius 3 is 2.80 bits per heavy atom. The summed E-state index contributed by atoms with van der Waals surface area (Å²) < 4.78 is 5.65. The molecule has 0 radical (unpaired) electrons. The van der Waals surface area contributed by atoms with E-state index in [-0.39, 0.29) is 0 Å². The van der Waals surface area contributed by atoms with Crippen LogP contribution in [0.25, 0.3) is 11.1 Å². The quantitative estimate of drug-likeness (QED) is 0.659. The summed E-state index contributed by atoms with van der Waals surface area (Å²) in [5.41, 5.74) is 10.1. The number of anilines is 1. The van der Waals surface area contributed by atoms with Crippen molar-refractivity contribution in [2.45, 2.75) is 6.61 Å². The van der Waals surface area contributed by atoms with Crippen LogP contribution in [0.1, 0.15) is 5.56 Å². The van der Waals surface area contributed by atoms with E-state index in [2.05, 4.69) is 12.1 Å². The monoisotopic (exact) mass is 197 g/mol. The van der Waals surface area contributed by atoms with E-state index >= 15 is 0 Å². The van der Waals surface area contributed by atoms with Crippen LogP contribution in [0, 0.1) is 0 Å². The van der Waals surface area contributed by atoms with Gasteiger partial charge in [-0.25, -0.2) is 0 Å². The molecule has 15 heavy (non-hydrogen) atoms. The van der Waals surface area contributed by atoms with Crippen LogP contribution in [0.5, 0.6) is 5.75 Å². The number of para-hydroxylation sites is 1. The van der Waals surface area contributed by atoms with Gasteiger partial charge in [0.05, 0.1) is 0 Å². The van der Waals surface area contributed by atoms with Crippen LogP contribution < -0.4 is 10.5 Å². The second-order valence-electron chi connectivity index (χ2n) is 3.70. The fourth-order valence-corrected chi connectivity index (χ4v) is 1.97. The highest BCUT2D eigenvalue weighted by molar-refractivity contribution is 5.76. The molecule has 2 aromatic rings. The largest absolute Gasteiger partial charge is 0.488 e. The van der Waals surface area contributed by atoms with E-state index < -0.39 is 0 Å². The first-order valence-electron chi connectivity index (χ1n) is 4.95. The number of ether oxygens (including phenoxy) is 1. The first kappa shape index (κ1) is 8.36. The Bertz CT molecular complexity index is 520. The van der Waals surface area contributed by atoms with Crippen molar-refractivity contribution in [3.8, 4) is 16.9 Å². The molecule has 0 amide bonds. The molecule has 0 spiro atoms. The molecule has 1 aliphatic heterocycles. The van der Waals surface area contributed by atoms with E-state index in [1.807, 2.05) is 30.3 Å². The van der Waals surface area contributed by atoms with Gasteiger partial charge in [-0.05, 0) is 29.3 Å². The number of rotatable bonds is 0. The molecule has 0 bridgehead atoms. The van der Waals surface area contributed by atoms with Crippen molar-refractivity contribution in [2.24, 2.45) is 0 Å². The van der Waals surface area contributed by atoms with Crippen LogP contribution in [-0.4, -0.2) is 0 Å². The minimum Gasteiger partial charge on any atom is -0.488 e.